The second kappa shape index (κ2) is 13.1. The molecule has 5 rings (SSSR count). The number of rotatable bonds is 10. The highest BCUT2D eigenvalue weighted by atomic mass is 32.2. The number of imidazole rings is 1. The van der Waals surface area contributed by atoms with E-state index in [1.165, 1.54) is 24.4 Å². The molecular formula is C35H38F3N5O4SSi. The van der Waals surface area contributed by atoms with Crippen LogP contribution in [0.3, 0.4) is 0 Å². The van der Waals surface area contributed by atoms with Gasteiger partial charge in [0, 0.05) is 33.3 Å². The monoisotopic (exact) mass is 709 g/mol. The van der Waals surface area contributed by atoms with Crippen molar-refractivity contribution >= 4 is 45.9 Å². The van der Waals surface area contributed by atoms with Crippen LogP contribution in [0, 0.1) is 32.1 Å². The van der Waals surface area contributed by atoms with Crippen molar-refractivity contribution in [2.75, 3.05) is 13.7 Å². The van der Waals surface area contributed by atoms with Crippen molar-refractivity contribution in [2.45, 2.75) is 70.3 Å². The van der Waals surface area contributed by atoms with Gasteiger partial charge in [-0.2, -0.15) is 18.4 Å². The maximum absolute atomic E-state index is 14.2. The Labute approximate surface area is 284 Å². The van der Waals surface area contributed by atoms with Gasteiger partial charge in [0.05, 0.1) is 33.1 Å². The molecule has 0 saturated carbocycles. The van der Waals surface area contributed by atoms with Crippen molar-refractivity contribution in [3.05, 3.63) is 94.4 Å². The van der Waals surface area contributed by atoms with E-state index in [1.54, 1.807) is 54.8 Å². The molecule has 2 aromatic heterocycles. The van der Waals surface area contributed by atoms with Crippen molar-refractivity contribution in [3.8, 4) is 6.07 Å². The minimum absolute atomic E-state index is 0.0450. The van der Waals surface area contributed by atoms with Gasteiger partial charge in [-0.3, -0.25) is 4.79 Å². The van der Waals surface area contributed by atoms with Crippen LogP contribution >= 0.6 is 0 Å². The normalized spacial score (nSPS) is 13.2. The molecule has 0 aliphatic rings. The smallest absolute Gasteiger partial charge is 0.361 e. The van der Waals surface area contributed by atoms with E-state index >= 15 is 0 Å². The van der Waals surface area contributed by atoms with Crippen molar-refractivity contribution in [1.82, 2.24) is 18.4 Å². The Morgan fingerprint density at radius 3 is 2.33 bits per heavy atom. The maximum atomic E-state index is 14.2. The first-order chi connectivity index (χ1) is 22.8. The highest BCUT2D eigenvalue weighted by Gasteiger charge is 2.45. The van der Waals surface area contributed by atoms with Gasteiger partial charge >= 0.3 is 12.1 Å². The molecule has 0 aliphatic heterocycles. The molecule has 0 fully saturated rings. The lowest BCUT2D eigenvalue weighted by Gasteiger charge is -2.31. The molecule has 0 radical (unpaired) electrons. The predicted octanol–water partition coefficient (Wildman–Crippen LogP) is 7.45. The number of carbonyl (C=O) groups excluding carboxylic acids is 1. The number of hydrogen-bond acceptors (Lipinski definition) is 6. The number of hydrogen-bond donors (Lipinski definition) is 0. The number of alkyl halides is 3. The molecular weight excluding hydrogens is 672 g/mol. The second-order valence-electron chi connectivity index (χ2n) is 13.5. The second-order valence-corrected chi connectivity index (χ2v) is 20.9. The van der Waals surface area contributed by atoms with Gasteiger partial charge < -0.3 is 14.2 Å². The Kier molecular flexibility index (Phi) is 9.59. The summed E-state index contributed by atoms with van der Waals surface area (Å²) in [5, 5.41) is 9.91. The molecule has 14 heteroatoms. The average Bonchev–Trinajstić information content (AvgIpc) is 3.62. The lowest BCUT2D eigenvalue weighted by atomic mass is 9.93. The van der Waals surface area contributed by atoms with E-state index in [4.69, 9.17) is 9.72 Å². The van der Waals surface area contributed by atoms with Gasteiger partial charge in [0.2, 0.25) is 0 Å². The van der Waals surface area contributed by atoms with E-state index in [0.29, 0.717) is 44.6 Å². The van der Waals surface area contributed by atoms with E-state index < -0.39 is 36.2 Å². The summed E-state index contributed by atoms with van der Waals surface area (Å²) in [6.45, 7) is 12.2. The zero-order valence-corrected chi connectivity index (χ0v) is 30.2. The molecule has 2 heterocycles. The van der Waals surface area contributed by atoms with Crippen LogP contribution in [-0.2, 0) is 26.3 Å². The minimum Gasteiger partial charge on any atom is -0.361 e. The van der Waals surface area contributed by atoms with Crippen LogP contribution in [0.15, 0.2) is 65.7 Å². The Morgan fingerprint density at radius 1 is 1.04 bits per heavy atom. The standard InChI is InChI=1S/C35H38F3N5O4SSi/c1-22-8-11-26(12-9-22)48(45,46)43-15-14-27-30(23(2)18-24(3)31(27)43)32(41(4)34(44)35(36,37)38)33-40-28-19-25(20-39)10-13-29(28)42(33)21-47-16-17-49(5,6)7/h8-15,18-19,32H,16-17,21H2,1-7H3. The molecule has 0 saturated heterocycles. The number of nitriles is 1. The highest BCUT2D eigenvalue weighted by Crippen LogP contribution is 2.40. The van der Waals surface area contributed by atoms with Crippen LogP contribution in [0.1, 0.15) is 39.7 Å². The Bertz CT molecular complexity index is 2210. The van der Waals surface area contributed by atoms with Crippen molar-refractivity contribution in [2.24, 2.45) is 0 Å². The van der Waals surface area contributed by atoms with Gasteiger partial charge in [0.15, 0.2) is 0 Å². The zero-order valence-electron chi connectivity index (χ0n) is 28.4. The van der Waals surface area contributed by atoms with Crippen LogP contribution in [0.4, 0.5) is 13.2 Å². The summed E-state index contributed by atoms with van der Waals surface area (Å²) in [7, 11) is -4.55. The van der Waals surface area contributed by atoms with Crippen molar-refractivity contribution in [1.29, 1.82) is 5.26 Å². The third kappa shape index (κ3) is 7.01. The lowest BCUT2D eigenvalue weighted by molar-refractivity contribution is -0.185. The molecule has 1 unspecified atom stereocenters. The topological polar surface area (TPSA) is 110 Å². The molecule has 258 valence electrons. The van der Waals surface area contributed by atoms with Gasteiger partial charge in [-0.15, -0.1) is 0 Å². The summed E-state index contributed by atoms with van der Waals surface area (Å²) in [5.41, 5.74) is 3.64. The summed E-state index contributed by atoms with van der Waals surface area (Å²) in [6, 6.07) is 15.8. The van der Waals surface area contributed by atoms with Crippen LogP contribution in [0.2, 0.25) is 25.7 Å². The molecule has 0 spiro atoms. The van der Waals surface area contributed by atoms with E-state index in [2.05, 4.69) is 25.7 Å². The van der Waals surface area contributed by atoms with Crippen molar-refractivity contribution in [3.63, 3.8) is 0 Å². The zero-order chi connectivity index (χ0) is 36.1. The fourth-order valence-corrected chi connectivity index (χ4v) is 8.17. The predicted molar refractivity (Wildman–Crippen MR) is 184 cm³/mol. The van der Waals surface area contributed by atoms with Crippen LogP contribution in [0.25, 0.3) is 21.9 Å². The molecule has 0 bridgehead atoms. The third-order valence-electron chi connectivity index (χ3n) is 8.54. The first kappa shape index (κ1) is 35.8. The number of ether oxygens (including phenoxy) is 1. The minimum atomic E-state index is -5.22. The quantitative estimate of drug-likeness (QED) is 0.110. The molecule has 0 N–H and O–H groups in total. The van der Waals surface area contributed by atoms with Crippen molar-refractivity contribution < 1.29 is 31.1 Å². The highest BCUT2D eigenvalue weighted by molar-refractivity contribution is 7.90. The molecule has 3 aromatic carbocycles. The molecule has 5 aromatic rings. The Hall–Kier alpha value is -4.45. The SMILES string of the molecule is Cc1ccc(S(=O)(=O)n2ccc3c(C(c4nc5cc(C#N)ccc5n4COCC[Si](C)(C)C)N(C)C(=O)C(F)(F)F)c(C)cc(C)c32)cc1. The van der Waals surface area contributed by atoms with E-state index in [1.807, 2.05) is 6.92 Å². The van der Waals surface area contributed by atoms with Gasteiger partial charge in [-0.25, -0.2) is 17.4 Å². The summed E-state index contributed by atoms with van der Waals surface area (Å²) >= 11 is 0. The molecule has 9 nitrogen and oxygen atoms in total. The summed E-state index contributed by atoms with van der Waals surface area (Å²) < 4.78 is 79.1. The Morgan fingerprint density at radius 2 is 1.71 bits per heavy atom. The summed E-state index contributed by atoms with van der Waals surface area (Å²) in [4.78, 5) is 18.4. The van der Waals surface area contributed by atoms with Gasteiger partial charge in [0.1, 0.15) is 18.6 Å². The van der Waals surface area contributed by atoms with Gasteiger partial charge in [-0.1, -0.05) is 43.4 Å². The molecule has 1 atom stereocenters. The molecule has 0 aliphatic carbocycles. The van der Waals surface area contributed by atoms with Crippen LogP contribution < -0.4 is 0 Å². The average molecular weight is 710 g/mol. The number of benzene rings is 3. The fraction of sp³-hybridized carbons (Fsp3) is 0.343. The van der Waals surface area contributed by atoms with E-state index in [9.17, 15) is 31.6 Å². The largest absolute Gasteiger partial charge is 0.471 e. The number of carbonyl (C=O) groups is 1. The number of aryl methyl sites for hydroxylation is 3. The summed E-state index contributed by atoms with van der Waals surface area (Å²) in [6.07, 6.45) is -3.84. The first-order valence-corrected chi connectivity index (χ1v) is 20.8. The fourth-order valence-electron chi connectivity index (χ4n) is 6.00. The van der Waals surface area contributed by atoms with E-state index in [0.717, 1.165) is 22.6 Å². The van der Waals surface area contributed by atoms with Gasteiger partial charge in [0.25, 0.3) is 10.0 Å². The van der Waals surface area contributed by atoms with Crippen LogP contribution in [0.5, 0.6) is 0 Å². The van der Waals surface area contributed by atoms with Crippen LogP contribution in [-0.4, -0.2) is 60.7 Å². The Balaban J connectivity index is 1.79. The van der Waals surface area contributed by atoms with E-state index in [-0.39, 0.29) is 28.5 Å². The number of amides is 1. The molecule has 1 amide bonds. The third-order valence-corrected chi connectivity index (χ3v) is 11.9. The number of aromatic nitrogens is 3. The molecule has 49 heavy (non-hydrogen) atoms. The number of nitrogens with zero attached hydrogens (tertiary/aromatic N) is 5. The lowest BCUT2D eigenvalue weighted by Crippen LogP contribution is -2.42. The first-order valence-electron chi connectivity index (χ1n) is 15.6. The summed E-state index contributed by atoms with van der Waals surface area (Å²) in [5.74, 6) is -2.03. The number of halogens is 3. The maximum Gasteiger partial charge on any atom is 0.471 e. The van der Waals surface area contributed by atoms with Gasteiger partial charge in [-0.05, 0) is 79.9 Å². The number of fused-ring (bicyclic) bond motifs is 2.